The van der Waals surface area contributed by atoms with Crippen molar-refractivity contribution in [3.63, 3.8) is 0 Å². The molecule has 0 bridgehead atoms. The molecule has 0 heterocycles. The van der Waals surface area contributed by atoms with Gasteiger partial charge in [0, 0.05) is 42.1 Å². The highest BCUT2D eigenvalue weighted by molar-refractivity contribution is 6.03. The standard InChI is InChI=1S/C21H23NO4/c1-12(2)20(23)25-18-11-17(22(6)7)19(26-21(24)13(3)4)15-9-8-14(5)10-16(15)18/h8-11H,1,3H2,2,4-7H3. The van der Waals surface area contributed by atoms with Crippen molar-refractivity contribution in [3.05, 3.63) is 54.1 Å². The molecule has 2 aromatic carbocycles. The van der Waals surface area contributed by atoms with Crippen LogP contribution in [0.5, 0.6) is 11.5 Å². The number of hydrogen-bond acceptors (Lipinski definition) is 5. The monoisotopic (exact) mass is 353 g/mol. The average Bonchev–Trinajstić information content (AvgIpc) is 2.55. The molecular formula is C21H23NO4. The van der Waals surface area contributed by atoms with E-state index in [0.717, 1.165) is 5.56 Å². The van der Waals surface area contributed by atoms with Crippen LogP contribution < -0.4 is 14.4 Å². The molecular weight excluding hydrogens is 330 g/mol. The van der Waals surface area contributed by atoms with Crippen LogP contribution in [0.2, 0.25) is 0 Å². The Morgan fingerprint density at radius 2 is 1.50 bits per heavy atom. The number of esters is 2. The van der Waals surface area contributed by atoms with Gasteiger partial charge in [0.15, 0.2) is 5.75 Å². The maximum Gasteiger partial charge on any atom is 0.338 e. The summed E-state index contributed by atoms with van der Waals surface area (Å²) in [5.41, 5.74) is 2.20. The first-order valence-corrected chi connectivity index (χ1v) is 8.12. The minimum absolute atomic E-state index is 0.299. The second-order valence-corrected chi connectivity index (χ2v) is 6.51. The topological polar surface area (TPSA) is 55.8 Å². The Kier molecular flexibility index (Phi) is 5.50. The molecule has 0 aliphatic heterocycles. The van der Waals surface area contributed by atoms with Crippen LogP contribution in [0.4, 0.5) is 5.69 Å². The fourth-order valence-electron chi connectivity index (χ4n) is 2.36. The van der Waals surface area contributed by atoms with Crippen LogP contribution in [0.3, 0.4) is 0 Å². The predicted molar refractivity (Wildman–Crippen MR) is 104 cm³/mol. The first-order chi connectivity index (χ1) is 12.1. The molecule has 0 aliphatic rings. The van der Waals surface area contributed by atoms with Gasteiger partial charge in [-0.05, 0) is 26.8 Å². The summed E-state index contributed by atoms with van der Waals surface area (Å²) < 4.78 is 11.1. The molecule has 5 heteroatoms. The van der Waals surface area contributed by atoms with Crippen molar-refractivity contribution in [2.24, 2.45) is 0 Å². The molecule has 0 fully saturated rings. The molecule has 26 heavy (non-hydrogen) atoms. The molecule has 136 valence electrons. The fraction of sp³-hybridized carbons (Fsp3) is 0.238. The highest BCUT2D eigenvalue weighted by Gasteiger charge is 2.20. The quantitative estimate of drug-likeness (QED) is 0.459. The van der Waals surface area contributed by atoms with Crippen molar-refractivity contribution in [2.75, 3.05) is 19.0 Å². The molecule has 2 aromatic rings. The van der Waals surface area contributed by atoms with E-state index in [1.54, 1.807) is 24.8 Å². The number of aryl methyl sites for hydroxylation is 1. The molecule has 0 unspecified atom stereocenters. The van der Waals surface area contributed by atoms with Gasteiger partial charge in [0.1, 0.15) is 5.75 Å². The Morgan fingerprint density at radius 1 is 0.923 bits per heavy atom. The van der Waals surface area contributed by atoms with E-state index in [9.17, 15) is 9.59 Å². The summed E-state index contributed by atoms with van der Waals surface area (Å²) in [6.07, 6.45) is 0. The van der Waals surface area contributed by atoms with Gasteiger partial charge in [0.05, 0.1) is 5.69 Å². The van der Waals surface area contributed by atoms with Gasteiger partial charge in [-0.2, -0.15) is 0 Å². The molecule has 0 N–H and O–H groups in total. The Balaban J connectivity index is 2.76. The summed E-state index contributed by atoms with van der Waals surface area (Å²) in [6.45, 7) is 12.4. The number of anilines is 1. The number of nitrogens with zero attached hydrogens (tertiary/aromatic N) is 1. The number of fused-ring (bicyclic) bond motifs is 1. The van der Waals surface area contributed by atoms with Crippen LogP contribution in [0.1, 0.15) is 19.4 Å². The summed E-state index contributed by atoms with van der Waals surface area (Å²) in [5.74, 6) is -0.241. The second-order valence-electron chi connectivity index (χ2n) is 6.51. The highest BCUT2D eigenvalue weighted by atomic mass is 16.5. The zero-order chi connectivity index (χ0) is 19.6. The van der Waals surface area contributed by atoms with Gasteiger partial charge in [-0.3, -0.25) is 0 Å². The number of rotatable bonds is 5. The number of carbonyl (C=O) groups excluding carboxylic acids is 2. The maximum absolute atomic E-state index is 12.1. The normalized spacial score (nSPS) is 10.3. The summed E-state index contributed by atoms with van der Waals surface area (Å²) >= 11 is 0. The van der Waals surface area contributed by atoms with Gasteiger partial charge in [-0.1, -0.05) is 30.9 Å². The van der Waals surface area contributed by atoms with Gasteiger partial charge >= 0.3 is 11.9 Å². The van der Waals surface area contributed by atoms with Crippen LogP contribution in [0, 0.1) is 6.92 Å². The van der Waals surface area contributed by atoms with E-state index in [4.69, 9.17) is 9.47 Å². The lowest BCUT2D eigenvalue weighted by Gasteiger charge is -2.21. The van der Waals surface area contributed by atoms with Gasteiger partial charge in [0.25, 0.3) is 0 Å². The van der Waals surface area contributed by atoms with E-state index in [0.29, 0.717) is 39.1 Å². The second kappa shape index (κ2) is 7.44. The lowest BCUT2D eigenvalue weighted by Crippen LogP contribution is -2.16. The van der Waals surface area contributed by atoms with Crippen LogP contribution in [-0.2, 0) is 9.59 Å². The van der Waals surface area contributed by atoms with Crippen molar-refractivity contribution in [1.82, 2.24) is 0 Å². The lowest BCUT2D eigenvalue weighted by molar-refractivity contribution is -0.131. The zero-order valence-corrected chi connectivity index (χ0v) is 15.8. The molecule has 0 aromatic heterocycles. The van der Waals surface area contributed by atoms with Gasteiger partial charge in [-0.15, -0.1) is 0 Å². The maximum atomic E-state index is 12.1. The fourth-order valence-corrected chi connectivity index (χ4v) is 2.36. The van der Waals surface area contributed by atoms with Gasteiger partial charge in [-0.25, -0.2) is 9.59 Å². The molecule has 0 atom stereocenters. The van der Waals surface area contributed by atoms with Crippen molar-refractivity contribution < 1.29 is 19.1 Å². The van der Waals surface area contributed by atoms with Crippen molar-refractivity contribution in [2.45, 2.75) is 20.8 Å². The lowest BCUT2D eigenvalue weighted by atomic mass is 10.0. The van der Waals surface area contributed by atoms with Crippen molar-refractivity contribution in [1.29, 1.82) is 0 Å². The van der Waals surface area contributed by atoms with E-state index in [2.05, 4.69) is 13.2 Å². The van der Waals surface area contributed by atoms with Gasteiger partial charge in [0.2, 0.25) is 0 Å². The molecule has 2 rings (SSSR count). The summed E-state index contributed by atoms with van der Waals surface area (Å²) in [7, 11) is 3.63. The zero-order valence-electron chi connectivity index (χ0n) is 15.8. The smallest absolute Gasteiger partial charge is 0.338 e. The summed E-state index contributed by atoms with van der Waals surface area (Å²) in [5, 5.41) is 1.34. The minimum atomic E-state index is -0.512. The summed E-state index contributed by atoms with van der Waals surface area (Å²) in [4.78, 5) is 25.9. The molecule has 0 radical (unpaired) electrons. The number of ether oxygens (including phenoxy) is 2. The van der Waals surface area contributed by atoms with Crippen LogP contribution in [-0.4, -0.2) is 26.0 Å². The van der Waals surface area contributed by atoms with Crippen molar-refractivity contribution >= 4 is 28.4 Å². The van der Waals surface area contributed by atoms with E-state index >= 15 is 0 Å². The largest absolute Gasteiger partial charge is 0.422 e. The predicted octanol–water partition coefficient (Wildman–Crippen LogP) is 4.18. The minimum Gasteiger partial charge on any atom is -0.422 e. The van der Waals surface area contributed by atoms with E-state index in [1.165, 1.54) is 0 Å². The molecule has 5 nitrogen and oxygen atoms in total. The number of hydrogen-bond donors (Lipinski definition) is 0. The van der Waals surface area contributed by atoms with Crippen LogP contribution in [0.15, 0.2) is 48.6 Å². The third kappa shape index (κ3) is 3.94. The molecule has 0 saturated heterocycles. The molecule has 0 amide bonds. The first kappa shape index (κ1) is 19.2. The van der Waals surface area contributed by atoms with Crippen molar-refractivity contribution in [3.8, 4) is 11.5 Å². The molecule has 0 spiro atoms. The third-order valence-electron chi connectivity index (χ3n) is 3.76. The average molecular weight is 353 g/mol. The summed E-state index contributed by atoms with van der Waals surface area (Å²) in [6, 6.07) is 7.32. The number of carbonyl (C=O) groups is 2. The first-order valence-electron chi connectivity index (χ1n) is 8.12. The number of benzene rings is 2. The van der Waals surface area contributed by atoms with E-state index in [1.807, 2.05) is 39.2 Å². The SMILES string of the molecule is C=C(C)C(=O)Oc1cc(N(C)C)c(OC(=O)C(=C)C)c2ccc(C)cc12. The van der Waals surface area contributed by atoms with Crippen LogP contribution in [0.25, 0.3) is 10.8 Å². The Morgan fingerprint density at radius 3 is 2.04 bits per heavy atom. The molecule has 0 aliphatic carbocycles. The van der Waals surface area contributed by atoms with E-state index in [-0.39, 0.29) is 0 Å². The Labute approximate surface area is 153 Å². The highest BCUT2D eigenvalue weighted by Crippen LogP contribution is 2.42. The third-order valence-corrected chi connectivity index (χ3v) is 3.76. The Hall–Kier alpha value is -3.08. The Bertz CT molecular complexity index is 925. The van der Waals surface area contributed by atoms with E-state index < -0.39 is 11.9 Å². The van der Waals surface area contributed by atoms with Crippen LogP contribution >= 0.6 is 0 Å². The molecule has 0 saturated carbocycles. The van der Waals surface area contributed by atoms with Gasteiger partial charge < -0.3 is 14.4 Å².